The molecule has 0 aliphatic rings. The van der Waals surface area contributed by atoms with Gasteiger partial charge in [-0.3, -0.25) is 0 Å². The van der Waals surface area contributed by atoms with Crippen LogP contribution in [0.15, 0.2) is 12.7 Å². The van der Waals surface area contributed by atoms with E-state index in [2.05, 4.69) is 21.4 Å². The van der Waals surface area contributed by atoms with Gasteiger partial charge < -0.3 is 14.8 Å². The smallest absolute Gasteiger partial charge is 0.438 e. The Morgan fingerprint density at radius 2 is 2.33 bits per heavy atom. The molecule has 0 saturated carbocycles. The van der Waals surface area contributed by atoms with Crippen molar-refractivity contribution in [2.75, 3.05) is 26.8 Å². The van der Waals surface area contributed by atoms with Crippen molar-refractivity contribution in [2.45, 2.75) is 6.42 Å². The summed E-state index contributed by atoms with van der Waals surface area (Å²) in [6.07, 6.45) is 2.10. The van der Waals surface area contributed by atoms with E-state index in [1.165, 1.54) is 7.11 Å². The zero-order valence-corrected chi connectivity index (χ0v) is 7.34. The summed E-state index contributed by atoms with van der Waals surface area (Å²) in [7, 11) is 1.29. The van der Waals surface area contributed by atoms with Gasteiger partial charge in [-0.1, -0.05) is 6.08 Å². The first-order valence-corrected chi connectivity index (χ1v) is 3.83. The average molecular weight is 173 g/mol. The summed E-state index contributed by atoms with van der Waals surface area (Å²) in [5, 5.41) is 3.06. The fraction of sp³-hybridized carbons (Fsp3) is 0.625. The number of ether oxygens (including phenoxy) is 2. The second kappa shape index (κ2) is 8.07. The van der Waals surface area contributed by atoms with E-state index in [4.69, 9.17) is 0 Å². The van der Waals surface area contributed by atoms with Crippen LogP contribution in [0.1, 0.15) is 6.42 Å². The number of methoxy groups -OCH3 is 1. The van der Waals surface area contributed by atoms with Crippen LogP contribution < -0.4 is 5.32 Å². The Labute approximate surface area is 72.5 Å². The minimum atomic E-state index is -0.638. The molecule has 0 aromatic rings. The third-order valence-electron chi connectivity index (χ3n) is 1.19. The fourth-order valence-electron chi connectivity index (χ4n) is 0.595. The Morgan fingerprint density at radius 1 is 1.58 bits per heavy atom. The molecule has 0 radical (unpaired) electrons. The lowest BCUT2D eigenvalue weighted by Gasteiger charge is -2.03. The number of rotatable bonds is 6. The van der Waals surface area contributed by atoms with Crippen LogP contribution in [-0.4, -0.2) is 33.0 Å². The third kappa shape index (κ3) is 7.08. The molecule has 1 N–H and O–H groups in total. The van der Waals surface area contributed by atoms with E-state index in [9.17, 15) is 4.79 Å². The van der Waals surface area contributed by atoms with Crippen molar-refractivity contribution in [3.05, 3.63) is 12.7 Å². The van der Waals surface area contributed by atoms with E-state index in [0.29, 0.717) is 13.2 Å². The SMILES string of the molecule is C=CCCNCCOC(=O)OC. The molecule has 0 bridgehead atoms. The van der Waals surface area contributed by atoms with Crippen molar-refractivity contribution in [3.8, 4) is 0 Å². The monoisotopic (exact) mass is 173 g/mol. The second-order valence-corrected chi connectivity index (χ2v) is 2.13. The van der Waals surface area contributed by atoms with Gasteiger partial charge in [-0.05, 0) is 13.0 Å². The fourth-order valence-corrected chi connectivity index (χ4v) is 0.595. The lowest BCUT2D eigenvalue weighted by atomic mass is 10.4. The molecule has 0 unspecified atom stereocenters. The molecule has 0 atom stereocenters. The molecule has 4 nitrogen and oxygen atoms in total. The molecule has 0 aromatic carbocycles. The molecule has 0 spiro atoms. The maximum Gasteiger partial charge on any atom is 0.508 e. The van der Waals surface area contributed by atoms with Crippen molar-refractivity contribution in [2.24, 2.45) is 0 Å². The number of carbonyl (C=O) groups is 1. The maximum absolute atomic E-state index is 10.4. The van der Waals surface area contributed by atoms with E-state index in [0.717, 1.165) is 13.0 Å². The first kappa shape index (κ1) is 11.0. The zero-order chi connectivity index (χ0) is 9.23. The summed E-state index contributed by atoms with van der Waals surface area (Å²) >= 11 is 0. The normalized spacial score (nSPS) is 9.08. The maximum atomic E-state index is 10.4. The molecule has 4 heteroatoms. The number of hydrogen-bond donors (Lipinski definition) is 1. The number of hydrogen-bond acceptors (Lipinski definition) is 4. The van der Waals surface area contributed by atoms with Crippen LogP contribution in [0.5, 0.6) is 0 Å². The Kier molecular flexibility index (Phi) is 7.38. The quantitative estimate of drug-likeness (QED) is 0.369. The largest absolute Gasteiger partial charge is 0.508 e. The van der Waals surface area contributed by atoms with Crippen LogP contribution in [0.4, 0.5) is 4.79 Å². The summed E-state index contributed by atoms with van der Waals surface area (Å²) < 4.78 is 8.89. The molecular formula is C8H15NO3. The van der Waals surface area contributed by atoms with Gasteiger partial charge in [-0.25, -0.2) is 4.79 Å². The summed E-state index contributed by atoms with van der Waals surface area (Å²) in [6, 6.07) is 0. The average Bonchev–Trinajstić information content (AvgIpc) is 2.10. The first-order chi connectivity index (χ1) is 5.81. The first-order valence-electron chi connectivity index (χ1n) is 3.83. The van der Waals surface area contributed by atoms with Crippen molar-refractivity contribution in [1.82, 2.24) is 5.32 Å². The van der Waals surface area contributed by atoms with Crippen molar-refractivity contribution >= 4 is 6.16 Å². The van der Waals surface area contributed by atoms with Crippen LogP contribution in [-0.2, 0) is 9.47 Å². The zero-order valence-electron chi connectivity index (χ0n) is 7.34. The highest BCUT2D eigenvalue weighted by molar-refractivity contribution is 5.59. The Bertz CT molecular complexity index is 136. The highest BCUT2D eigenvalue weighted by atomic mass is 16.7. The molecule has 0 aliphatic carbocycles. The number of nitrogens with one attached hydrogen (secondary N) is 1. The molecule has 0 amide bonds. The summed E-state index contributed by atoms with van der Waals surface area (Å²) in [6.45, 7) is 5.41. The van der Waals surface area contributed by atoms with E-state index < -0.39 is 6.16 Å². The van der Waals surface area contributed by atoms with Crippen molar-refractivity contribution < 1.29 is 14.3 Å². The highest BCUT2D eigenvalue weighted by Gasteiger charge is 1.97. The van der Waals surface area contributed by atoms with Crippen LogP contribution in [0, 0.1) is 0 Å². The van der Waals surface area contributed by atoms with Gasteiger partial charge in [0.2, 0.25) is 0 Å². The molecule has 70 valence electrons. The Morgan fingerprint density at radius 3 is 2.92 bits per heavy atom. The molecule has 0 fully saturated rings. The second-order valence-electron chi connectivity index (χ2n) is 2.13. The topological polar surface area (TPSA) is 47.6 Å². The van der Waals surface area contributed by atoms with Gasteiger partial charge in [0.1, 0.15) is 6.61 Å². The molecule has 0 aromatic heterocycles. The van der Waals surface area contributed by atoms with Crippen molar-refractivity contribution in [3.63, 3.8) is 0 Å². The van der Waals surface area contributed by atoms with Crippen LogP contribution in [0.2, 0.25) is 0 Å². The summed E-state index contributed by atoms with van der Waals surface area (Å²) in [4.78, 5) is 10.4. The van der Waals surface area contributed by atoms with Gasteiger partial charge in [0.15, 0.2) is 0 Å². The molecule has 0 aliphatic heterocycles. The van der Waals surface area contributed by atoms with Gasteiger partial charge in [-0.2, -0.15) is 0 Å². The third-order valence-corrected chi connectivity index (χ3v) is 1.19. The predicted octanol–water partition coefficient (Wildman–Crippen LogP) is 0.935. The van der Waals surface area contributed by atoms with Crippen LogP contribution in [0.3, 0.4) is 0 Å². The van der Waals surface area contributed by atoms with E-state index in [1.54, 1.807) is 0 Å². The summed E-state index contributed by atoms with van der Waals surface area (Å²) in [5.41, 5.74) is 0. The number of carbonyl (C=O) groups excluding carboxylic acids is 1. The van der Waals surface area contributed by atoms with Crippen LogP contribution >= 0.6 is 0 Å². The molecule has 0 heterocycles. The van der Waals surface area contributed by atoms with Gasteiger partial charge in [0.05, 0.1) is 7.11 Å². The van der Waals surface area contributed by atoms with Gasteiger partial charge in [-0.15, -0.1) is 6.58 Å². The minimum Gasteiger partial charge on any atom is -0.438 e. The lowest BCUT2D eigenvalue weighted by molar-refractivity contribution is 0.0735. The van der Waals surface area contributed by atoms with Gasteiger partial charge in [0, 0.05) is 6.54 Å². The van der Waals surface area contributed by atoms with Crippen molar-refractivity contribution in [1.29, 1.82) is 0 Å². The van der Waals surface area contributed by atoms with Crippen LogP contribution in [0.25, 0.3) is 0 Å². The highest BCUT2D eigenvalue weighted by Crippen LogP contribution is 1.80. The Balaban J connectivity index is 3.00. The van der Waals surface area contributed by atoms with E-state index in [1.807, 2.05) is 6.08 Å². The van der Waals surface area contributed by atoms with Gasteiger partial charge >= 0.3 is 6.16 Å². The minimum absolute atomic E-state index is 0.337. The molecule has 0 rings (SSSR count). The molecule has 12 heavy (non-hydrogen) atoms. The standard InChI is InChI=1S/C8H15NO3/c1-3-4-5-9-6-7-12-8(10)11-2/h3,9H,1,4-7H2,2H3. The molecule has 0 saturated heterocycles. The predicted molar refractivity (Wildman–Crippen MR) is 46.0 cm³/mol. The lowest BCUT2D eigenvalue weighted by Crippen LogP contribution is -2.22. The summed E-state index contributed by atoms with van der Waals surface area (Å²) in [5.74, 6) is 0. The van der Waals surface area contributed by atoms with Gasteiger partial charge in [0.25, 0.3) is 0 Å². The Hall–Kier alpha value is -1.03. The van der Waals surface area contributed by atoms with E-state index in [-0.39, 0.29) is 0 Å². The molecular weight excluding hydrogens is 158 g/mol. The van der Waals surface area contributed by atoms with E-state index >= 15 is 0 Å².